The largest absolute Gasteiger partial charge is 0.508 e. The van der Waals surface area contributed by atoms with E-state index in [1.807, 2.05) is 0 Å². The van der Waals surface area contributed by atoms with Gasteiger partial charge in [-0.05, 0) is 17.7 Å². The van der Waals surface area contributed by atoms with Gasteiger partial charge in [0.1, 0.15) is 11.4 Å². The van der Waals surface area contributed by atoms with Gasteiger partial charge in [0.15, 0.2) is 5.78 Å². The number of ketones is 1. The molecule has 1 aliphatic rings. The van der Waals surface area contributed by atoms with Crippen molar-refractivity contribution >= 4 is 5.78 Å². The Balaban J connectivity index is 1.71. The number of phenolic OH excluding ortho intramolecular Hbond substituents is 1. The summed E-state index contributed by atoms with van der Waals surface area (Å²) >= 11 is 0. The summed E-state index contributed by atoms with van der Waals surface area (Å²) in [6, 6.07) is 6.98. The van der Waals surface area contributed by atoms with Gasteiger partial charge in [-0.2, -0.15) is 0 Å². The highest BCUT2D eigenvalue weighted by Gasteiger charge is 2.21. The van der Waals surface area contributed by atoms with E-state index in [1.165, 1.54) is 0 Å². The van der Waals surface area contributed by atoms with Crippen molar-refractivity contribution in [1.82, 2.24) is 20.3 Å². The highest BCUT2D eigenvalue weighted by atomic mass is 16.3. The molecule has 1 saturated heterocycles. The first-order chi connectivity index (χ1) is 9.22. The quantitative estimate of drug-likeness (QED) is 0.783. The van der Waals surface area contributed by atoms with Crippen molar-refractivity contribution in [3.63, 3.8) is 0 Å². The van der Waals surface area contributed by atoms with Crippen LogP contribution in [0.2, 0.25) is 0 Å². The van der Waals surface area contributed by atoms with Gasteiger partial charge in [-0.3, -0.25) is 4.79 Å². The summed E-state index contributed by atoms with van der Waals surface area (Å²) in [4.78, 5) is 12.1. The first-order valence-electron chi connectivity index (χ1n) is 6.16. The molecular formula is C13H14N4O2. The van der Waals surface area contributed by atoms with Gasteiger partial charge in [-0.25, -0.2) is 4.68 Å². The molecule has 2 aromatic rings. The van der Waals surface area contributed by atoms with Crippen molar-refractivity contribution in [2.75, 3.05) is 13.1 Å². The number of hydrogen-bond donors (Lipinski definition) is 2. The molecule has 0 unspecified atom stereocenters. The van der Waals surface area contributed by atoms with Gasteiger partial charge in [-0.1, -0.05) is 17.3 Å². The lowest BCUT2D eigenvalue weighted by Gasteiger charge is -2.26. The maximum absolute atomic E-state index is 12.1. The maximum atomic E-state index is 12.1. The van der Waals surface area contributed by atoms with E-state index >= 15 is 0 Å². The topological polar surface area (TPSA) is 80.0 Å². The van der Waals surface area contributed by atoms with Gasteiger partial charge in [0.2, 0.25) is 0 Å². The van der Waals surface area contributed by atoms with Crippen LogP contribution in [0.5, 0.6) is 5.75 Å². The fourth-order valence-corrected chi connectivity index (χ4v) is 1.99. The third-order valence-electron chi connectivity index (χ3n) is 3.21. The fourth-order valence-electron chi connectivity index (χ4n) is 1.99. The second kappa shape index (κ2) is 4.81. The number of aromatic nitrogens is 3. The van der Waals surface area contributed by atoms with Gasteiger partial charge < -0.3 is 10.4 Å². The molecule has 1 fully saturated rings. The minimum absolute atomic E-state index is 0.0934. The summed E-state index contributed by atoms with van der Waals surface area (Å²) in [7, 11) is 0. The number of hydrogen-bond acceptors (Lipinski definition) is 5. The number of benzene rings is 1. The van der Waals surface area contributed by atoms with Crippen LogP contribution in [-0.2, 0) is 6.42 Å². The Labute approximate surface area is 110 Å². The van der Waals surface area contributed by atoms with Gasteiger partial charge in [-0.15, -0.1) is 5.10 Å². The Hall–Kier alpha value is -2.21. The van der Waals surface area contributed by atoms with Gasteiger partial charge in [0, 0.05) is 19.5 Å². The number of nitrogens with one attached hydrogen (secondary N) is 1. The summed E-state index contributed by atoms with van der Waals surface area (Å²) in [5.41, 5.74) is 1.14. The number of nitrogens with zero attached hydrogens (tertiary/aromatic N) is 3. The lowest BCUT2D eigenvalue weighted by atomic mass is 10.1. The highest BCUT2D eigenvalue weighted by Crippen LogP contribution is 2.14. The normalized spacial score (nSPS) is 15.2. The fraction of sp³-hybridized carbons (Fsp3) is 0.308. The molecule has 2 N–H and O–H groups in total. The van der Waals surface area contributed by atoms with E-state index in [-0.39, 0.29) is 18.0 Å². The van der Waals surface area contributed by atoms with E-state index in [1.54, 1.807) is 35.1 Å². The molecule has 6 nitrogen and oxygen atoms in total. The molecule has 0 amide bonds. The van der Waals surface area contributed by atoms with E-state index in [9.17, 15) is 9.90 Å². The molecule has 1 aliphatic heterocycles. The second-order valence-corrected chi connectivity index (χ2v) is 4.67. The third-order valence-corrected chi connectivity index (χ3v) is 3.21. The van der Waals surface area contributed by atoms with Gasteiger partial charge in [0.25, 0.3) is 0 Å². The van der Waals surface area contributed by atoms with Gasteiger partial charge in [0.05, 0.1) is 12.2 Å². The Kier molecular flexibility index (Phi) is 3.00. The van der Waals surface area contributed by atoms with Gasteiger partial charge >= 0.3 is 0 Å². The molecule has 0 saturated carbocycles. The maximum Gasteiger partial charge on any atom is 0.189 e. The van der Waals surface area contributed by atoms with Crippen LogP contribution >= 0.6 is 0 Å². The SMILES string of the molecule is O=C(Cc1cccc(O)c1)c1cn(C2CNC2)nn1. The van der Waals surface area contributed by atoms with E-state index in [0.29, 0.717) is 11.7 Å². The van der Waals surface area contributed by atoms with Crippen LogP contribution in [0.15, 0.2) is 30.5 Å². The zero-order chi connectivity index (χ0) is 13.2. The van der Waals surface area contributed by atoms with Crippen molar-refractivity contribution in [1.29, 1.82) is 0 Å². The summed E-state index contributed by atoms with van der Waals surface area (Å²) in [5, 5.41) is 20.4. The van der Waals surface area contributed by atoms with Crippen LogP contribution in [-0.4, -0.2) is 39.0 Å². The molecule has 0 aliphatic carbocycles. The molecule has 98 valence electrons. The van der Waals surface area contributed by atoms with Crippen LogP contribution < -0.4 is 5.32 Å². The number of rotatable bonds is 4. The average molecular weight is 258 g/mol. The number of carbonyl (C=O) groups is 1. The lowest BCUT2D eigenvalue weighted by molar-refractivity contribution is 0.0988. The Bertz CT molecular complexity index is 604. The minimum atomic E-state index is -0.0934. The first kappa shape index (κ1) is 11.9. The standard InChI is InChI=1S/C13H14N4O2/c18-11-3-1-2-9(4-11)5-13(19)12-8-17(16-15-12)10-6-14-7-10/h1-4,8,10,14,18H,5-7H2. The smallest absolute Gasteiger partial charge is 0.189 e. The highest BCUT2D eigenvalue weighted by molar-refractivity contribution is 5.95. The Morgan fingerprint density at radius 2 is 2.32 bits per heavy atom. The first-order valence-corrected chi connectivity index (χ1v) is 6.16. The van der Waals surface area contributed by atoms with E-state index in [0.717, 1.165) is 18.7 Å². The van der Waals surface area contributed by atoms with Crippen molar-refractivity contribution in [2.24, 2.45) is 0 Å². The molecule has 19 heavy (non-hydrogen) atoms. The molecule has 0 spiro atoms. The van der Waals surface area contributed by atoms with Crippen molar-refractivity contribution < 1.29 is 9.90 Å². The predicted octanol–water partition coefficient (Wildman–Crippen LogP) is 0.553. The molecule has 1 aromatic heterocycles. The molecule has 1 aromatic carbocycles. The third kappa shape index (κ3) is 2.48. The Morgan fingerprint density at radius 3 is 3.00 bits per heavy atom. The zero-order valence-electron chi connectivity index (χ0n) is 10.3. The monoisotopic (exact) mass is 258 g/mol. The van der Waals surface area contributed by atoms with Crippen molar-refractivity contribution in [2.45, 2.75) is 12.5 Å². The van der Waals surface area contributed by atoms with Crippen molar-refractivity contribution in [3.05, 3.63) is 41.7 Å². The number of Topliss-reactive ketones (excluding diaryl/α,β-unsaturated/α-hetero) is 1. The van der Waals surface area contributed by atoms with E-state index < -0.39 is 0 Å². The summed E-state index contributed by atoms with van der Waals surface area (Å²) in [6.45, 7) is 1.73. The zero-order valence-corrected chi connectivity index (χ0v) is 10.3. The van der Waals surface area contributed by atoms with Crippen LogP contribution in [0.4, 0.5) is 0 Å². The molecule has 3 rings (SSSR count). The van der Waals surface area contributed by atoms with Crippen LogP contribution in [0.25, 0.3) is 0 Å². The molecule has 2 heterocycles. The molecular weight excluding hydrogens is 244 g/mol. The second-order valence-electron chi connectivity index (χ2n) is 4.67. The van der Waals surface area contributed by atoms with Crippen molar-refractivity contribution in [3.8, 4) is 5.75 Å². The molecule has 0 atom stereocenters. The summed E-state index contributed by atoms with van der Waals surface area (Å²) in [6.07, 6.45) is 1.91. The van der Waals surface area contributed by atoms with E-state index in [4.69, 9.17) is 0 Å². The summed E-state index contributed by atoms with van der Waals surface area (Å²) < 4.78 is 1.73. The molecule has 6 heteroatoms. The van der Waals surface area contributed by atoms with Crippen LogP contribution in [0.1, 0.15) is 22.1 Å². The summed E-state index contributed by atoms with van der Waals surface area (Å²) in [5.74, 6) is 0.0682. The molecule has 0 bridgehead atoms. The van der Waals surface area contributed by atoms with Crippen LogP contribution in [0.3, 0.4) is 0 Å². The molecule has 0 radical (unpaired) electrons. The average Bonchev–Trinajstić information content (AvgIpc) is 2.76. The minimum Gasteiger partial charge on any atom is -0.508 e. The lowest BCUT2D eigenvalue weighted by Crippen LogP contribution is -2.43. The van der Waals surface area contributed by atoms with Crippen LogP contribution in [0, 0.1) is 0 Å². The number of aromatic hydroxyl groups is 1. The number of carbonyl (C=O) groups excluding carboxylic acids is 1. The number of phenols is 1. The Morgan fingerprint density at radius 1 is 1.47 bits per heavy atom. The predicted molar refractivity (Wildman–Crippen MR) is 68.1 cm³/mol. The van der Waals surface area contributed by atoms with E-state index in [2.05, 4.69) is 15.6 Å².